The zero-order valence-electron chi connectivity index (χ0n) is 13.1. The molecule has 1 aromatic rings. The second-order valence-corrected chi connectivity index (χ2v) is 5.42. The number of carbonyl (C=O) groups is 1. The maximum absolute atomic E-state index is 11.4. The van der Waals surface area contributed by atoms with E-state index in [9.17, 15) is 4.79 Å². The van der Waals surface area contributed by atoms with E-state index in [-0.39, 0.29) is 0 Å². The van der Waals surface area contributed by atoms with E-state index in [2.05, 4.69) is 20.6 Å². The van der Waals surface area contributed by atoms with Gasteiger partial charge in [-0.05, 0) is 27.2 Å². The largest absolute Gasteiger partial charge is 0.478 e. The van der Waals surface area contributed by atoms with Crippen molar-refractivity contribution in [1.29, 1.82) is 0 Å². The number of carbonyl (C=O) groups excluding carboxylic acids is 1. The molecule has 0 saturated carbocycles. The Morgan fingerprint density at radius 3 is 2.76 bits per heavy atom. The van der Waals surface area contributed by atoms with Crippen LogP contribution in [-0.4, -0.2) is 41.4 Å². The molecule has 0 bridgehead atoms. The van der Waals surface area contributed by atoms with Crippen molar-refractivity contribution in [2.75, 3.05) is 25.0 Å². The molecule has 21 heavy (non-hydrogen) atoms. The predicted octanol–water partition coefficient (Wildman–Crippen LogP) is 2.20. The van der Waals surface area contributed by atoms with Crippen molar-refractivity contribution < 1.29 is 14.3 Å². The highest BCUT2D eigenvalue weighted by molar-refractivity contribution is 5.67. The number of hydrogen-bond donors (Lipinski definition) is 2. The van der Waals surface area contributed by atoms with Crippen LogP contribution in [-0.2, 0) is 4.74 Å². The Balaban J connectivity index is 2.28. The second-order valence-electron chi connectivity index (χ2n) is 5.42. The normalized spacial score (nSPS) is 10.9. The topological polar surface area (TPSA) is 85.4 Å². The van der Waals surface area contributed by atoms with Gasteiger partial charge in [-0.1, -0.05) is 6.92 Å². The van der Waals surface area contributed by atoms with Crippen LogP contribution in [0.4, 0.5) is 10.7 Å². The first-order chi connectivity index (χ1) is 9.90. The Kier molecular flexibility index (Phi) is 6.71. The summed E-state index contributed by atoms with van der Waals surface area (Å²) in [6.07, 6.45) is 2.11. The molecule has 1 amide bonds. The molecule has 7 heteroatoms. The number of aromatic nitrogens is 2. The van der Waals surface area contributed by atoms with Gasteiger partial charge in [0.25, 0.3) is 0 Å². The van der Waals surface area contributed by atoms with Crippen molar-refractivity contribution in [3.8, 4) is 5.88 Å². The number of nitrogens with zero attached hydrogens (tertiary/aromatic N) is 2. The maximum atomic E-state index is 11.4. The van der Waals surface area contributed by atoms with Crippen LogP contribution in [0.2, 0.25) is 0 Å². The van der Waals surface area contributed by atoms with Crippen LogP contribution < -0.4 is 15.4 Å². The van der Waals surface area contributed by atoms with Gasteiger partial charge >= 0.3 is 6.09 Å². The van der Waals surface area contributed by atoms with E-state index in [4.69, 9.17) is 9.47 Å². The van der Waals surface area contributed by atoms with Crippen LogP contribution in [0.5, 0.6) is 5.88 Å². The van der Waals surface area contributed by atoms with Gasteiger partial charge in [0, 0.05) is 25.4 Å². The summed E-state index contributed by atoms with van der Waals surface area (Å²) in [6, 6.07) is 1.71. The molecule has 1 rings (SSSR count). The molecule has 0 aliphatic carbocycles. The molecule has 118 valence electrons. The van der Waals surface area contributed by atoms with Crippen molar-refractivity contribution in [2.24, 2.45) is 0 Å². The molecule has 1 heterocycles. The van der Waals surface area contributed by atoms with Crippen molar-refractivity contribution in [3.05, 3.63) is 12.3 Å². The van der Waals surface area contributed by atoms with Gasteiger partial charge in [0.2, 0.25) is 11.8 Å². The smallest absolute Gasteiger partial charge is 0.407 e. The Morgan fingerprint density at radius 1 is 1.33 bits per heavy atom. The van der Waals surface area contributed by atoms with E-state index in [1.54, 1.807) is 12.3 Å². The summed E-state index contributed by atoms with van der Waals surface area (Å²) < 4.78 is 10.5. The lowest BCUT2D eigenvalue weighted by molar-refractivity contribution is 0.0530. The number of hydrogen-bond acceptors (Lipinski definition) is 6. The third-order valence-electron chi connectivity index (χ3n) is 2.16. The number of anilines is 1. The van der Waals surface area contributed by atoms with Crippen LogP contribution >= 0.6 is 0 Å². The average Bonchev–Trinajstić information content (AvgIpc) is 2.40. The molecule has 2 N–H and O–H groups in total. The van der Waals surface area contributed by atoms with Gasteiger partial charge in [0.05, 0.1) is 6.61 Å². The summed E-state index contributed by atoms with van der Waals surface area (Å²) in [7, 11) is 0. The first-order valence-corrected chi connectivity index (χ1v) is 7.07. The number of nitrogens with one attached hydrogen (secondary N) is 2. The molecule has 0 aliphatic rings. The van der Waals surface area contributed by atoms with E-state index in [0.29, 0.717) is 31.5 Å². The molecule has 0 unspecified atom stereocenters. The Bertz CT molecular complexity index is 446. The minimum atomic E-state index is -0.494. The highest BCUT2D eigenvalue weighted by Gasteiger charge is 2.15. The Labute approximate surface area is 125 Å². The molecule has 0 atom stereocenters. The fraction of sp³-hybridized carbons (Fsp3) is 0.643. The summed E-state index contributed by atoms with van der Waals surface area (Å²) in [5.41, 5.74) is -0.494. The van der Waals surface area contributed by atoms with Gasteiger partial charge in [-0.25, -0.2) is 9.78 Å². The van der Waals surface area contributed by atoms with Crippen molar-refractivity contribution >= 4 is 12.0 Å². The van der Waals surface area contributed by atoms with Crippen molar-refractivity contribution in [2.45, 2.75) is 39.7 Å². The number of rotatable bonds is 7. The third kappa shape index (κ3) is 7.96. The molecular weight excluding hydrogens is 272 g/mol. The molecule has 0 fully saturated rings. The highest BCUT2D eigenvalue weighted by Crippen LogP contribution is 2.08. The first-order valence-electron chi connectivity index (χ1n) is 7.07. The van der Waals surface area contributed by atoms with Gasteiger partial charge in [0.15, 0.2) is 0 Å². The summed E-state index contributed by atoms with van der Waals surface area (Å²) in [6.45, 7) is 9.02. The van der Waals surface area contributed by atoms with Crippen LogP contribution in [0.25, 0.3) is 0 Å². The minimum Gasteiger partial charge on any atom is -0.478 e. The lowest BCUT2D eigenvalue weighted by Crippen LogP contribution is -2.35. The van der Waals surface area contributed by atoms with Gasteiger partial charge in [-0.3, -0.25) is 0 Å². The number of amides is 1. The van der Waals surface area contributed by atoms with Crippen molar-refractivity contribution in [3.63, 3.8) is 0 Å². The quantitative estimate of drug-likeness (QED) is 0.750. The second kappa shape index (κ2) is 8.28. The molecular formula is C14H24N4O3. The van der Waals surface area contributed by atoms with Crippen LogP contribution in [0.3, 0.4) is 0 Å². The summed E-state index contributed by atoms with van der Waals surface area (Å²) in [5, 5.41) is 5.66. The molecule has 0 aromatic carbocycles. The van der Waals surface area contributed by atoms with Gasteiger partial charge < -0.3 is 20.1 Å². The molecule has 1 aromatic heterocycles. The summed E-state index contributed by atoms with van der Waals surface area (Å²) in [5.74, 6) is 1.00. The maximum Gasteiger partial charge on any atom is 0.407 e. The zero-order valence-corrected chi connectivity index (χ0v) is 13.1. The van der Waals surface area contributed by atoms with E-state index in [1.807, 2.05) is 27.7 Å². The Hall–Kier alpha value is -2.05. The van der Waals surface area contributed by atoms with E-state index >= 15 is 0 Å². The van der Waals surface area contributed by atoms with E-state index in [1.165, 1.54) is 0 Å². The molecule has 0 aliphatic heterocycles. The summed E-state index contributed by atoms with van der Waals surface area (Å²) >= 11 is 0. The van der Waals surface area contributed by atoms with Gasteiger partial charge in [-0.2, -0.15) is 4.98 Å². The molecule has 0 saturated heterocycles. The Morgan fingerprint density at radius 2 is 2.10 bits per heavy atom. The minimum absolute atomic E-state index is 0.415. The average molecular weight is 296 g/mol. The SMILES string of the molecule is CCCOc1ccnc(NCCNC(=O)OC(C)(C)C)n1. The molecule has 0 radical (unpaired) electrons. The van der Waals surface area contributed by atoms with Gasteiger partial charge in [-0.15, -0.1) is 0 Å². The predicted molar refractivity (Wildman–Crippen MR) is 80.5 cm³/mol. The van der Waals surface area contributed by atoms with E-state index in [0.717, 1.165) is 6.42 Å². The lowest BCUT2D eigenvalue weighted by atomic mass is 10.2. The zero-order chi connectivity index (χ0) is 15.7. The third-order valence-corrected chi connectivity index (χ3v) is 2.16. The molecule has 7 nitrogen and oxygen atoms in total. The number of ether oxygens (including phenoxy) is 2. The van der Waals surface area contributed by atoms with Crippen LogP contribution in [0.1, 0.15) is 34.1 Å². The highest BCUT2D eigenvalue weighted by atomic mass is 16.6. The van der Waals surface area contributed by atoms with Crippen molar-refractivity contribution in [1.82, 2.24) is 15.3 Å². The fourth-order valence-electron chi connectivity index (χ4n) is 1.37. The lowest BCUT2D eigenvalue weighted by Gasteiger charge is -2.19. The summed E-state index contributed by atoms with van der Waals surface area (Å²) in [4.78, 5) is 19.7. The standard InChI is InChI=1S/C14H24N4O3/c1-5-10-20-11-6-7-15-12(18-11)16-8-9-17-13(19)21-14(2,3)4/h6-7H,5,8-10H2,1-4H3,(H,17,19)(H,15,16,18). The van der Waals surface area contributed by atoms with Crippen LogP contribution in [0, 0.1) is 0 Å². The monoisotopic (exact) mass is 296 g/mol. The molecule has 0 spiro atoms. The van der Waals surface area contributed by atoms with Gasteiger partial charge in [0.1, 0.15) is 5.60 Å². The number of alkyl carbamates (subject to hydrolysis) is 1. The fourth-order valence-corrected chi connectivity index (χ4v) is 1.37. The first kappa shape index (κ1) is 17.0. The van der Waals surface area contributed by atoms with E-state index < -0.39 is 11.7 Å². The van der Waals surface area contributed by atoms with Crippen LogP contribution in [0.15, 0.2) is 12.3 Å².